The molecule has 0 spiro atoms. The van der Waals surface area contributed by atoms with Gasteiger partial charge in [-0.3, -0.25) is 4.79 Å². The van der Waals surface area contributed by atoms with Crippen LogP contribution in [0.25, 0.3) is 0 Å². The second-order valence-electron chi connectivity index (χ2n) is 21.1. The highest BCUT2D eigenvalue weighted by Crippen LogP contribution is 2.16. The molecule has 0 aliphatic carbocycles. The molecular formula is C72H121NO3. The van der Waals surface area contributed by atoms with E-state index in [0.717, 1.165) is 116 Å². The molecule has 76 heavy (non-hydrogen) atoms. The predicted octanol–water partition coefficient (Wildman–Crippen LogP) is 21.9. The quantitative estimate of drug-likeness (QED) is 0.0420. The molecule has 0 aromatic heterocycles. The number of aliphatic hydroxyl groups excluding tert-OH is 2. The van der Waals surface area contributed by atoms with Crippen LogP contribution < -0.4 is 5.32 Å². The van der Waals surface area contributed by atoms with Gasteiger partial charge in [-0.1, -0.05) is 307 Å². The number of carbonyl (C=O) groups excluding carboxylic acids is 1. The summed E-state index contributed by atoms with van der Waals surface area (Å²) in [4.78, 5) is 12.5. The fraction of sp³-hybridized carbons (Fsp3) is 0.653. The first kappa shape index (κ1) is 72.3. The molecule has 4 nitrogen and oxygen atoms in total. The minimum absolute atomic E-state index is 0.101. The lowest BCUT2D eigenvalue weighted by Gasteiger charge is -2.19. The van der Waals surface area contributed by atoms with E-state index in [4.69, 9.17) is 0 Å². The van der Waals surface area contributed by atoms with E-state index in [-0.39, 0.29) is 12.5 Å². The Bertz CT molecular complexity index is 1560. The molecule has 0 bridgehead atoms. The van der Waals surface area contributed by atoms with E-state index in [2.05, 4.69) is 153 Å². The summed E-state index contributed by atoms with van der Waals surface area (Å²) < 4.78 is 0. The van der Waals surface area contributed by atoms with Gasteiger partial charge in [0.1, 0.15) is 0 Å². The molecule has 0 saturated heterocycles. The van der Waals surface area contributed by atoms with Gasteiger partial charge < -0.3 is 15.5 Å². The van der Waals surface area contributed by atoms with Crippen LogP contribution >= 0.6 is 0 Å². The van der Waals surface area contributed by atoms with Crippen molar-refractivity contribution in [3.8, 4) is 0 Å². The molecule has 1 amide bonds. The number of carbonyl (C=O) groups is 1. The van der Waals surface area contributed by atoms with Crippen molar-refractivity contribution in [1.82, 2.24) is 5.32 Å². The first-order valence-corrected chi connectivity index (χ1v) is 32.0. The van der Waals surface area contributed by atoms with Crippen LogP contribution in [-0.4, -0.2) is 34.9 Å². The highest BCUT2D eigenvalue weighted by atomic mass is 16.3. The van der Waals surface area contributed by atoms with Crippen molar-refractivity contribution in [2.24, 2.45) is 0 Å². The largest absolute Gasteiger partial charge is 0.394 e. The van der Waals surface area contributed by atoms with Gasteiger partial charge in [0.25, 0.3) is 0 Å². The van der Waals surface area contributed by atoms with Gasteiger partial charge in [0.2, 0.25) is 5.91 Å². The van der Waals surface area contributed by atoms with Crippen LogP contribution in [0.15, 0.2) is 146 Å². The summed E-state index contributed by atoms with van der Waals surface area (Å²) in [6.07, 6.45) is 103. The summed E-state index contributed by atoms with van der Waals surface area (Å²) >= 11 is 0. The zero-order chi connectivity index (χ0) is 54.8. The minimum Gasteiger partial charge on any atom is -0.394 e. The Labute approximate surface area is 472 Å². The molecule has 0 fully saturated rings. The molecule has 0 aliphatic heterocycles. The number of aliphatic hydroxyl groups is 2. The second kappa shape index (κ2) is 65.6. The van der Waals surface area contributed by atoms with Gasteiger partial charge in [0, 0.05) is 6.42 Å². The van der Waals surface area contributed by atoms with Gasteiger partial charge in [-0.15, -0.1) is 0 Å². The van der Waals surface area contributed by atoms with E-state index >= 15 is 0 Å². The molecule has 0 saturated carbocycles. The Balaban J connectivity index is 3.66. The minimum atomic E-state index is -0.892. The summed E-state index contributed by atoms with van der Waals surface area (Å²) in [6, 6.07) is -0.670. The monoisotopic (exact) mass is 1050 g/mol. The third kappa shape index (κ3) is 61.1. The Morgan fingerprint density at radius 1 is 0.329 bits per heavy atom. The van der Waals surface area contributed by atoms with Crippen LogP contribution in [-0.2, 0) is 4.79 Å². The lowest BCUT2D eigenvalue weighted by Crippen LogP contribution is -2.45. The number of allylic oxidation sites excluding steroid dienone is 23. The van der Waals surface area contributed by atoms with Crippen molar-refractivity contribution < 1.29 is 15.0 Å². The van der Waals surface area contributed by atoms with Gasteiger partial charge in [0.15, 0.2) is 0 Å². The number of amides is 1. The fourth-order valence-corrected chi connectivity index (χ4v) is 8.97. The van der Waals surface area contributed by atoms with E-state index < -0.39 is 12.1 Å². The number of hydrogen-bond acceptors (Lipinski definition) is 3. The standard InChI is InChI=1S/C72H121NO3/c1-3-5-7-9-11-13-15-17-19-21-23-25-27-29-31-33-35-36-38-40-42-44-46-48-50-52-54-56-58-60-62-64-66-68-72(76)73-70(69-74)71(75)67-65-63-61-59-57-55-53-51-49-47-45-43-41-39-37-34-32-30-28-26-24-22-20-18-16-14-12-10-8-6-4-2/h5,7,11,13,17,19,23,25,29,31,35-36,40,42,46,48-49,51-52,54,57,59,65,67,70-71,74-75H,3-4,6,8-10,12,14-16,18,20-22,24,26-28,30,32-34,37-39,41,43-45,47,50,53,55-56,58,60-64,66,68-69H2,1-2H3,(H,73,76)/b7-5-,13-11-,19-17-,25-23-,31-29-,36-35-,42-40-,48-46-,51-49+,54-52-,59-57+,67-65+. The molecule has 2 atom stereocenters. The molecule has 2 unspecified atom stereocenters. The maximum Gasteiger partial charge on any atom is 0.220 e. The first-order chi connectivity index (χ1) is 37.7. The van der Waals surface area contributed by atoms with E-state index in [1.165, 1.54) is 148 Å². The summed E-state index contributed by atoms with van der Waals surface area (Å²) in [5.74, 6) is -0.101. The van der Waals surface area contributed by atoms with Crippen LogP contribution in [0.2, 0.25) is 0 Å². The summed E-state index contributed by atoms with van der Waals surface area (Å²) in [7, 11) is 0. The molecule has 0 aliphatic rings. The molecule has 0 aromatic carbocycles. The van der Waals surface area contributed by atoms with Gasteiger partial charge in [-0.25, -0.2) is 0 Å². The van der Waals surface area contributed by atoms with E-state index in [1.807, 2.05) is 6.08 Å². The summed E-state index contributed by atoms with van der Waals surface area (Å²) in [5, 5.41) is 23.2. The second-order valence-corrected chi connectivity index (χ2v) is 21.1. The highest BCUT2D eigenvalue weighted by molar-refractivity contribution is 5.76. The van der Waals surface area contributed by atoms with E-state index in [0.29, 0.717) is 6.42 Å². The van der Waals surface area contributed by atoms with Gasteiger partial charge in [-0.05, 0) is 116 Å². The lowest BCUT2D eigenvalue weighted by molar-refractivity contribution is -0.123. The molecule has 3 N–H and O–H groups in total. The third-order valence-electron chi connectivity index (χ3n) is 13.8. The first-order valence-electron chi connectivity index (χ1n) is 32.0. The number of rotatable bonds is 57. The Hall–Kier alpha value is -3.73. The van der Waals surface area contributed by atoms with E-state index in [1.54, 1.807) is 6.08 Å². The molecule has 0 rings (SSSR count). The SMILES string of the molecule is CC/C=C\C/C=C\C/C=C\C/C=C\C/C=C\C/C=C\C/C=C\C/C=C\C/C=C\CCCCCCCC(=O)NC(CO)C(O)/C=C/CC/C=C/CC/C=C/CCCCCCCCCCCCCCCCCCCCCCC. The highest BCUT2D eigenvalue weighted by Gasteiger charge is 2.18. The maximum absolute atomic E-state index is 12.5. The normalized spacial score (nSPS) is 13.8. The van der Waals surface area contributed by atoms with Crippen LogP contribution in [0.1, 0.15) is 284 Å². The van der Waals surface area contributed by atoms with E-state index in [9.17, 15) is 15.0 Å². The molecule has 4 heteroatoms. The summed E-state index contributed by atoms with van der Waals surface area (Å²) in [5.41, 5.74) is 0. The van der Waals surface area contributed by atoms with Gasteiger partial charge in [0.05, 0.1) is 18.8 Å². The predicted molar refractivity (Wildman–Crippen MR) is 340 cm³/mol. The summed E-state index contributed by atoms with van der Waals surface area (Å²) in [6.45, 7) is 4.18. The van der Waals surface area contributed by atoms with Crippen molar-refractivity contribution >= 4 is 5.91 Å². The molecule has 0 heterocycles. The number of hydrogen-bond donors (Lipinski definition) is 3. The molecule has 432 valence electrons. The Morgan fingerprint density at radius 3 is 0.921 bits per heavy atom. The van der Waals surface area contributed by atoms with Crippen LogP contribution in [0.5, 0.6) is 0 Å². The maximum atomic E-state index is 12.5. The van der Waals surface area contributed by atoms with Crippen LogP contribution in [0, 0.1) is 0 Å². The third-order valence-corrected chi connectivity index (χ3v) is 13.8. The van der Waals surface area contributed by atoms with Crippen molar-refractivity contribution in [2.45, 2.75) is 296 Å². The average Bonchev–Trinajstić information content (AvgIpc) is 3.42. The van der Waals surface area contributed by atoms with Crippen molar-refractivity contribution in [2.75, 3.05) is 6.61 Å². The smallest absolute Gasteiger partial charge is 0.220 e. The van der Waals surface area contributed by atoms with Gasteiger partial charge in [-0.2, -0.15) is 0 Å². The van der Waals surface area contributed by atoms with Crippen LogP contribution in [0.3, 0.4) is 0 Å². The lowest BCUT2D eigenvalue weighted by atomic mass is 10.0. The van der Waals surface area contributed by atoms with Gasteiger partial charge >= 0.3 is 0 Å². The zero-order valence-corrected chi connectivity index (χ0v) is 49.7. The average molecular weight is 1050 g/mol. The Kier molecular flexibility index (Phi) is 62.3. The molecule has 0 aromatic rings. The zero-order valence-electron chi connectivity index (χ0n) is 49.7. The fourth-order valence-electron chi connectivity index (χ4n) is 8.97. The topological polar surface area (TPSA) is 69.6 Å². The Morgan fingerprint density at radius 2 is 0.592 bits per heavy atom. The van der Waals surface area contributed by atoms with Crippen molar-refractivity contribution in [3.05, 3.63) is 146 Å². The van der Waals surface area contributed by atoms with Crippen molar-refractivity contribution in [1.29, 1.82) is 0 Å². The van der Waals surface area contributed by atoms with Crippen molar-refractivity contribution in [3.63, 3.8) is 0 Å². The molecular weight excluding hydrogens is 927 g/mol. The number of unbranched alkanes of at least 4 members (excludes halogenated alkanes) is 28. The van der Waals surface area contributed by atoms with Crippen LogP contribution in [0.4, 0.5) is 0 Å². The number of nitrogens with one attached hydrogen (secondary N) is 1. The molecule has 0 radical (unpaired) electrons.